The summed E-state index contributed by atoms with van der Waals surface area (Å²) in [7, 11) is 0. The van der Waals surface area contributed by atoms with Crippen molar-refractivity contribution < 1.29 is 9.90 Å². The van der Waals surface area contributed by atoms with Gasteiger partial charge in [-0.05, 0) is 84.3 Å². The van der Waals surface area contributed by atoms with Crippen molar-refractivity contribution >= 4 is 28.6 Å². The van der Waals surface area contributed by atoms with Crippen LogP contribution in [0.5, 0.6) is 0 Å². The molecule has 8 heteroatoms. The molecule has 0 aliphatic carbocycles. The van der Waals surface area contributed by atoms with Crippen molar-refractivity contribution in [2.75, 3.05) is 0 Å². The second-order valence-corrected chi connectivity index (χ2v) is 11.3. The molecule has 0 bridgehead atoms. The number of thiophene rings is 2. The first kappa shape index (κ1) is 25.9. The Morgan fingerprint density at radius 1 is 0.895 bits per heavy atom. The predicted molar refractivity (Wildman–Crippen MR) is 155 cm³/mol. The molecule has 5 aromatic rings. The Balaban J connectivity index is 1.46. The minimum atomic E-state index is -1.03. The Kier molecular flexibility index (Phi) is 8.00. The fourth-order valence-corrected chi connectivity index (χ4v) is 6.55. The van der Waals surface area contributed by atoms with E-state index in [1.54, 1.807) is 35.9 Å². The summed E-state index contributed by atoms with van der Waals surface area (Å²) in [4.78, 5) is 33.2. The third-order valence-electron chi connectivity index (χ3n) is 6.33. The Morgan fingerprint density at radius 3 is 2.50 bits per heavy atom. The van der Waals surface area contributed by atoms with E-state index in [2.05, 4.69) is 51.3 Å². The lowest BCUT2D eigenvalue weighted by Crippen LogP contribution is -2.01. The van der Waals surface area contributed by atoms with Crippen LogP contribution < -0.4 is 0 Å². The quantitative estimate of drug-likeness (QED) is 0.180. The average Bonchev–Trinajstić information content (AvgIpc) is 3.58. The van der Waals surface area contributed by atoms with E-state index in [-0.39, 0.29) is 5.56 Å². The summed E-state index contributed by atoms with van der Waals surface area (Å²) in [6.45, 7) is 4.43. The van der Waals surface area contributed by atoms with Crippen LogP contribution in [0.1, 0.15) is 53.4 Å². The van der Waals surface area contributed by atoms with Crippen LogP contribution in [0, 0.1) is 6.92 Å². The molecule has 0 aliphatic heterocycles. The molecule has 0 aromatic carbocycles. The minimum Gasteiger partial charge on any atom is -0.478 e. The van der Waals surface area contributed by atoms with Crippen LogP contribution in [0.4, 0.5) is 0 Å². The monoisotopic (exact) mass is 540 g/mol. The summed E-state index contributed by atoms with van der Waals surface area (Å²) in [5.41, 5.74) is 5.82. The summed E-state index contributed by atoms with van der Waals surface area (Å²) >= 11 is 3.62. The Hall–Kier alpha value is -3.75. The number of nitrogens with zero attached hydrogens (tertiary/aromatic N) is 4. The zero-order valence-corrected chi connectivity index (χ0v) is 23.0. The van der Waals surface area contributed by atoms with Gasteiger partial charge < -0.3 is 5.11 Å². The Morgan fingerprint density at radius 2 is 1.74 bits per heavy atom. The molecule has 5 aromatic heterocycles. The van der Waals surface area contributed by atoms with Crippen molar-refractivity contribution in [1.82, 2.24) is 19.9 Å². The first-order valence-electron chi connectivity index (χ1n) is 12.7. The van der Waals surface area contributed by atoms with E-state index >= 15 is 0 Å². The van der Waals surface area contributed by atoms with Crippen molar-refractivity contribution in [2.45, 2.75) is 46.0 Å². The molecule has 5 heterocycles. The van der Waals surface area contributed by atoms with Crippen LogP contribution in [0.15, 0.2) is 66.6 Å². The SMILES string of the molecule is CCCCCCc1cc(C)sc1-c1cc(-c2ccnc(-c3cc(C(=O)O)cc(-c4ccncn4)n3)c2)cs1. The number of aromatic nitrogens is 4. The van der Waals surface area contributed by atoms with Gasteiger partial charge in [-0.3, -0.25) is 4.98 Å². The topological polar surface area (TPSA) is 88.9 Å². The number of rotatable bonds is 10. The molecular formula is C30H28N4O2S2. The van der Waals surface area contributed by atoms with Crippen LogP contribution in [-0.4, -0.2) is 31.0 Å². The van der Waals surface area contributed by atoms with Crippen LogP contribution in [0.25, 0.3) is 43.7 Å². The van der Waals surface area contributed by atoms with Crippen LogP contribution in [0.2, 0.25) is 0 Å². The number of aromatic carboxylic acids is 1. The third-order valence-corrected chi connectivity index (χ3v) is 8.53. The number of carboxylic acid groups (broad SMARTS) is 1. The van der Waals surface area contributed by atoms with Gasteiger partial charge in [0.15, 0.2) is 0 Å². The van der Waals surface area contributed by atoms with Gasteiger partial charge in [-0.2, -0.15) is 0 Å². The molecule has 1 N–H and O–H groups in total. The highest BCUT2D eigenvalue weighted by Crippen LogP contribution is 2.40. The molecule has 0 fully saturated rings. The van der Waals surface area contributed by atoms with Crippen LogP contribution in [-0.2, 0) is 6.42 Å². The molecule has 0 saturated heterocycles. The lowest BCUT2D eigenvalue weighted by atomic mass is 10.0. The summed E-state index contributed by atoms with van der Waals surface area (Å²) < 4.78 is 0. The molecule has 38 heavy (non-hydrogen) atoms. The number of aryl methyl sites for hydroxylation is 2. The summed E-state index contributed by atoms with van der Waals surface area (Å²) in [5, 5.41) is 11.9. The van der Waals surface area contributed by atoms with Crippen molar-refractivity contribution in [2.24, 2.45) is 0 Å². The summed E-state index contributed by atoms with van der Waals surface area (Å²) in [6.07, 6.45) is 10.9. The van der Waals surface area contributed by atoms with E-state index in [0.29, 0.717) is 22.8 Å². The van der Waals surface area contributed by atoms with Gasteiger partial charge in [0, 0.05) is 27.0 Å². The van der Waals surface area contributed by atoms with Gasteiger partial charge in [0.2, 0.25) is 0 Å². The summed E-state index contributed by atoms with van der Waals surface area (Å²) in [5.74, 6) is -1.03. The van der Waals surface area contributed by atoms with Crippen LogP contribution in [0.3, 0.4) is 0 Å². The maximum absolute atomic E-state index is 11.8. The van der Waals surface area contributed by atoms with Gasteiger partial charge in [-0.25, -0.2) is 19.7 Å². The van der Waals surface area contributed by atoms with Crippen molar-refractivity contribution in [3.05, 3.63) is 82.6 Å². The maximum Gasteiger partial charge on any atom is 0.335 e. The molecule has 5 rings (SSSR count). The van der Waals surface area contributed by atoms with Crippen molar-refractivity contribution in [1.29, 1.82) is 0 Å². The first-order valence-corrected chi connectivity index (χ1v) is 14.4. The van der Waals surface area contributed by atoms with Gasteiger partial charge >= 0.3 is 5.97 Å². The highest BCUT2D eigenvalue weighted by Gasteiger charge is 2.15. The number of carboxylic acids is 1. The number of hydrogen-bond acceptors (Lipinski definition) is 7. The molecular weight excluding hydrogens is 512 g/mol. The molecule has 0 amide bonds. The van der Waals surface area contributed by atoms with Crippen LogP contribution >= 0.6 is 22.7 Å². The Bertz CT molecular complexity index is 1560. The van der Waals surface area contributed by atoms with Crippen molar-refractivity contribution in [3.8, 4) is 43.7 Å². The largest absolute Gasteiger partial charge is 0.478 e. The fourth-order valence-electron chi connectivity index (χ4n) is 4.42. The molecule has 0 unspecified atom stereocenters. The highest BCUT2D eigenvalue weighted by molar-refractivity contribution is 7.21. The molecule has 0 saturated carbocycles. The normalized spacial score (nSPS) is 11.1. The lowest BCUT2D eigenvalue weighted by Gasteiger charge is -2.08. The van der Waals surface area contributed by atoms with Gasteiger partial charge in [-0.15, -0.1) is 22.7 Å². The second-order valence-electron chi connectivity index (χ2n) is 9.18. The maximum atomic E-state index is 11.8. The highest BCUT2D eigenvalue weighted by atomic mass is 32.1. The third kappa shape index (κ3) is 5.87. The van der Waals surface area contributed by atoms with E-state index in [4.69, 9.17) is 0 Å². The first-order chi connectivity index (χ1) is 18.5. The summed E-state index contributed by atoms with van der Waals surface area (Å²) in [6, 6.07) is 13.3. The van der Waals surface area contributed by atoms with E-state index in [1.807, 2.05) is 23.5 Å². The number of carbonyl (C=O) groups is 1. The zero-order chi connectivity index (χ0) is 26.5. The van der Waals surface area contributed by atoms with Crippen molar-refractivity contribution in [3.63, 3.8) is 0 Å². The molecule has 0 atom stereocenters. The van der Waals surface area contributed by atoms with Gasteiger partial charge in [0.25, 0.3) is 0 Å². The molecule has 6 nitrogen and oxygen atoms in total. The molecule has 0 spiro atoms. The van der Waals surface area contributed by atoms with Gasteiger partial charge in [-0.1, -0.05) is 26.2 Å². The molecule has 0 radical (unpaired) electrons. The number of hydrogen-bond donors (Lipinski definition) is 1. The standard InChI is InChI=1S/C30H28N4O2S2/c1-3-4-5-6-7-21-12-19(2)38-29(21)28-16-23(17-37-28)20-8-11-32-25(13-20)27-15-22(30(35)36)14-26(34-27)24-9-10-31-18-33-24/h8-18H,3-7H2,1-2H3,(H,35,36). The van der Waals surface area contributed by atoms with E-state index < -0.39 is 5.97 Å². The van der Waals surface area contributed by atoms with E-state index in [0.717, 1.165) is 17.5 Å². The van der Waals surface area contributed by atoms with Gasteiger partial charge in [0.05, 0.1) is 28.3 Å². The zero-order valence-electron chi connectivity index (χ0n) is 21.3. The van der Waals surface area contributed by atoms with E-state index in [9.17, 15) is 9.90 Å². The minimum absolute atomic E-state index is 0.133. The number of pyridine rings is 2. The lowest BCUT2D eigenvalue weighted by molar-refractivity contribution is 0.0697. The average molecular weight is 541 g/mol. The smallest absolute Gasteiger partial charge is 0.335 e. The van der Waals surface area contributed by atoms with E-state index in [1.165, 1.54) is 58.3 Å². The second kappa shape index (κ2) is 11.8. The molecule has 0 aliphatic rings. The number of unbranched alkanes of at least 4 members (excludes halogenated alkanes) is 3. The van der Waals surface area contributed by atoms with Gasteiger partial charge in [0.1, 0.15) is 6.33 Å². The Labute approximate surface area is 230 Å². The fraction of sp³-hybridized carbons (Fsp3) is 0.233. The molecule has 192 valence electrons. The predicted octanol–water partition coefficient (Wildman–Crippen LogP) is 8.19.